The van der Waals surface area contributed by atoms with E-state index in [1.54, 1.807) is 31.7 Å². The Hall–Kier alpha value is -0.870. The second kappa shape index (κ2) is 12.7. The number of oxime groups is 1. The van der Waals surface area contributed by atoms with Crippen LogP contribution in [0.1, 0.15) is 59.3 Å². The monoisotopic (exact) mass is 345 g/mol. The molecule has 0 bridgehead atoms. The zero-order valence-corrected chi connectivity index (χ0v) is 15.6. The summed E-state index contributed by atoms with van der Waals surface area (Å²) in [7, 11) is 4.63. The van der Waals surface area contributed by atoms with Crippen molar-refractivity contribution < 1.29 is 9.63 Å². The molecule has 0 radical (unpaired) electrons. The van der Waals surface area contributed by atoms with Crippen molar-refractivity contribution in [3.05, 3.63) is 0 Å². The summed E-state index contributed by atoms with van der Waals surface area (Å²) in [6, 6.07) is 2.05. The molecule has 0 aromatic heterocycles. The van der Waals surface area contributed by atoms with Gasteiger partial charge in [0.25, 0.3) is 0 Å². The molecule has 0 atom stereocenters. The summed E-state index contributed by atoms with van der Waals surface area (Å²) < 4.78 is 1.40. The highest BCUT2D eigenvalue weighted by Crippen LogP contribution is 2.26. The van der Waals surface area contributed by atoms with Crippen molar-refractivity contribution in [3.63, 3.8) is 0 Å². The normalized spacial score (nSPS) is 11.4. The van der Waals surface area contributed by atoms with E-state index in [1.807, 2.05) is 6.07 Å². The largest absolute Gasteiger partial charge is 0.446 e. The molecule has 0 spiro atoms. The molecule has 0 aromatic carbocycles. The maximum absolute atomic E-state index is 11.6. The summed E-state index contributed by atoms with van der Waals surface area (Å²) in [5.41, 5.74) is -0.738. The molecule has 0 rings (SSSR count). The Kier molecular flexibility index (Phi) is 12.2. The predicted molar refractivity (Wildman–Crippen MR) is 95.6 cm³/mol. The van der Waals surface area contributed by atoms with Crippen molar-refractivity contribution in [1.82, 2.24) is 4.31 Å². The van der Waals surface area contributed by atoms with Gasteiger partial charge in [0.15, 0.2) is 0 Å². The van der Waals surface area contributed by atoms with Gasteiger partial charge in [0.05, 0.1) is 17.7 Å². The standard InChI is InChI=1S/C15H27N3O2S2/c1-5-6-7-8-9-10-11-21-22-18(4)14(19)20-17-13-15(2,3)12-16/h13H,5-11H2,1-4H3. The number of hydrogen-bond donors (Lipinski definition) is 0. The summed E-state index contributed by atoms with van der Waals surface area (Å²) in [4.78, 5) is 16.4. The fourth-order valence-electron chi connectivity index (χ4n) is 1.38. The molecule has 126 valence electrons. The molecule has 0 N–H and O–H groups in total. The van der Waals surface area contributed by atoms with Crippen molar-refractivity contribution in [2.45, 2.75) is 59.3 Å². The van der Waals surface area contributed by atoms with E-state index < -0.39 is 11.5 Å². The number of rotatable bonds is 11. The van der Waals surface area contributed by atoms with Crippen LogP contribution in [0.2, 0.25) is 0 Å². The van der Waals surface area contributed by atoms with Gasteiger partial charge in [-0.1, -0.05) is 55.0 Å². The summed E-state index contributed by atoms with van der Waals surface area (Å²) in [6.07, 6.45) is 8.40. The van der Waals surface area contributed by atoms with E-state index in [-0.39, 0.29) is 0 Å². The van der Waals surface area contributed by atoms with Gasteiger partial charge in [-0.05, 0) is 20.3 Å². The molecular formula is C15H27N3O2S2. The number of amides is 1. The van der Waals surface area contributed by atoms with Crippen LogP contribution >= 0.6 is 21.8 Å². The van der Waals surface area contributed by atoms with Crippen LogP contribution in [0.3, 0.4) is 0 Å². The Labute approximate surface area is 142 Å². The second-order valence-electron chi connectivity index (χ2n) is 5.59. The number of carbonyl (C=O) groups excluding carboxylic acids is 1. The van der Waals surface area contributed by atoms with Gasteiger partial charge in [0, 0.05) is 23.8 Å². The van der Waals surface area contributed by atoms with Gasteiger partial charge in [0.1, 0.15) is 0 Å². The van der Waals surface area contributed by atoms with Gasteiger partial charge in [-0.25, -0.2) is 9.10 Å². The fraction of sp³-hybridized carbons (Fsp3) is 0.800. The Bertz CT molecular complexity index is 381. The third kappa shape index (κ3) is 11.8. The Morgan fingerprint density at radius 3 is 2.59 bits per heavy atom. The summed E-state index contributed by atoms with van der Waals surface area (Å²) in [5.74, 6) is 1.01. The van der Waals surface area contributed by atoms with Crippen LogP contribution in [0.5, 0.6) is 0 Å². The van der Waals surface area contributed by atoms with E-state index >= 15 is 0 Å². The lowest BCUT2D eigenvalue weighted by molar-refractivity contribution is 0.137. The molecule has 0 aliphatic carbocycles. The van der Waals surface area contributed by atoms with Crippen LogP contribution in [0, 0.1) is 16.7 Å². The zero-order chi connectivity index (χ0) is 16.8. The van der Waals surface area contributed by atoms with Gasteiger partial charge in [-0.3, -0.25) is 4.84 Å². The molecule has 0 aromatic rings. The van der Waals surface area contributed by atoms with Crippen molar-refractivity contribution in [2.24, 2.45) is 10.6 Å². The minimum absolute atomic E-state index is 0.537. The Morgan fingerprint density at radius 2 is 1.95 bits per heavy atom. The Morgan fingerprint density at radius 1 is 1.32 bits per heavy atom. The molecule has 22 heavy (non-hydrogen) atoms. The quantitative estimate of drug-likeness (QED) is 0.128. The molecule has 0 saturated carbocycles. The molecule has 0 aliphatic rings. The van der Waals surface area contributed by atoms with E-state index in [9.17, 15) is 4.79 Å². The highest BCUT2D eigenvalue weighted by molar-refractivity contribution is 8.75. The minimum Gasteiger partial charge on any atom is -0.298 e. The van der Waals surface area contributed by atoms with E-state index in [2.05, 4.69) is 12.1 Å². The molecule has 0 aliphatic heterocycles. The molecule has 7 heteroatoms. The number of unbranched alkanes of at least 4 members (excludes halogenated alkanes) is 5. The van der Waals surface area contributed by atoms with E-state index in [0.29, 0.717) is 0 Å². The SMILES string of the molecule is CCCCCCCCSSN(C)C(=O)ON=CC(C)(C)C#N. The highest BCUT2D eigenvalue weighted by atomic mass is 33.1. The first-order valence-electron chi connectivity index (χ1n) is 7.63. The van der Waals surface area contributed by atoms with Crippen molar-refractivity contribution in [2.75, 3.05) is 12.8 Å². The maximum atomic E-state index is 11.6. The van der Waals surface area contributed by atoms with E-state index in [4.69, 9.17) is 10.1 Å². The number of nitriles is 1. The number of carbonyl (C=O) groups is 1. The van der Waals surface area contributed by atoms with E-state index in [0.717, 1.165) is 5.75 Å². The van der Waals surface area contributed by atoms with Crippen LogP contribution in [0.15, 0.2) is 5.16 Å². The molecule has 0 fully saturated rings. The first kappa shape index (κ1) is 21.1. The predicted octanol–water partition coefficient (Wildman–Crippen LogP) is 5.25. The molecule has 1 amide bonds. The molecule has 0 saturated heterocycles. The third-order valence-electron chi connectivity index (χ3n) is 2.80. The molecular weight excluding hydrogens is 318 g/mol. The van der Waals surface area contributed by atoms with Gasteiger partial charge < -0.3 is 0 Å². The summed E-state index contributed by atoms with van der Waals surface area (Å²) >= 11 is 0. The Balaban J connectivity index is 3.69. The topological polar surface area (TPSA) is 65.7 Å². The molecule has 0 heterocycles. The molecule has 0 unspecified atom stereocenters. The highest BCUT2D eigenvalue weighted by Gasteiger charge is 2.15. The van der Waals surface area contributed by atoms with Crippen LogP contribution in [-0.2, 0) is 4.84 Å². The lowest BCUT2D eigenvalue weighted by Crippen LogP contribution is -2.19. The van der Waals surface area contributed by atoms with Crippen LogP contribution in [0.25, 0.3) is 0 Å². The minimum atomic E-state index is -0.738. The first-order valence-corrected chi connectivity index (χ1v) is 9.90. The van der Waals surface area contributed by atoms with Crippen LogP contribution in [0.4, 0.5) is 4.79 Å². The average Bonchev–Trinajstić information content (AvgIpc) is 2.49. The summed E-state index contributed by atoms with van der Waals surface area (Å²) in [5, 5.41) is 12.4. The smallest absolute Gasteiger partial charge is 0.298 e. The lowest BCUT2D eigenvalue weighted by atomic mass is 9.98. The van der Waals surface area contributed by atoms with Crippen LogP contribution < -0.4 is 0 Å². The van der Waals surface area contributed by atoms with Gasteiger partial charge in [-0.15, -0.1) is 0 Å². The maximum Gasteiger partial charge on any atom is 0.446 e. The van der Waals surface area contributed by atoms with E-state index in [1.165, 1.54) is 60.0 Å². The van der Waals surface area contributed by atoms with Gasteiger partial charge >= 0.3 is 6.09 Å². The summed E-state index contributed by atoms with van der Waals surface area (Å²) in [6.45, 7) is 5.60. The fourth-order valence-corrected chi connectivity index (χ4v) is 3.26. The molecule has 5 nitrogen and oxygen atoms in total. The van der Waals surface area contributed by atoms with Gasteiger partial charge in [-0.2, -0.15) is 5.26 Å². The number of nitrogens with zero attached hydrogens (tertiary/aromatic N) is 3. The zero-order valence-electron chi connectivity index (χ0n) is 14.0. The first-order chi connectivity index (χ1) is 10.4. The lowest BCUT2D eigenvalue weighted by Gasteiger charge is -2.12. The van der Waals surface area contributed by atoms with Crippen molar-refractivity contribution in [1.29, 1.82) is 5.26 Å². The number of hydrogen-bond acceptors (Lipinski definition) is 6. The van der Waals surface area contributed by atoms with Gasteiger partial charge in [0.2, 0.25) is 0 Å². The average molecular weight is 346 g/mol. The van der Waals surface area contributed by atoms with Crippen LogP contribution in [-0.4, -0.2) is 29.4 Å². The third-order valence-corrected chi connectivity index (χ3v) is 5.22. The van der Waals surface area contributed by atoms with Crippen molar-refractivity contribution >= 4 is 34.1 Å². The second-order valence-corrected chi connectivity index (χ2v) is 8.08. The van der Waals surface area contributed by atoms with Crippen molar-refractivity contribution in [3.8, 4) is 6.07 Å².